The highest BCUT2D eigenvalue weighted by atomic mass is 32.1. The van der Waals surface area contributed by atoms with Gasteiger partial charge in [-0.25, -0.2) is 4.68 Å². The van der Waals surface area contributed by atoms with Gasteiger partial charge in [0, 0.05) is 18.4 Å². The summed E-state index contributed by atoms with van der Waals surface area (Å²) in [5.74, 6) is 0.570. The maximum atomic E-state index is 11.0. The molecule has 3 nitrogen and oxygen atoms in total. The van der Waals surface area contributed by atoms with Gasteiger partial charge in [0.1, 0.15) is 0 Å². The molecule has 0 fully saturated rings. The number of thiol groups is 1. The summed E-state index contributed by atoms with van der Waals surface area (Å²) >= 11 is 4.05. The molecule has 0 atom stereocenters. The quantitative estimate of drug-likeness (QED) is 0.663. The molecule has 60 valence electrons. The SMILES string of the molecule is CCn1nc(CS)ccc1=O. The van der Waals surface area contributed by atoms with Crippen molar-refractivity contribution in [1.29, 1.82) is 0 Å². The number of hydrogen-bond donors (Lipinski definition) is 1. The van der Waals surface area contributed by atoms with E-state index in [2.05, 4.69) is 17.7 Å². The summed E-state index contributed by atoms with van der Waals surface area (Å²) in [6.45, 7) is 2.50. The van der Waals surface area contributed by atoms with Crippen LogP contribution >= 0.6 is 12.6 Å². The van der Waals surface area contributed by atoms with Crippen LogP contribution in [0.3, 0.4) is 0 Å². The highest BCUT2D eigenvalue weighted by Gasteiger charge is 1.95. The van der Waals surface area contributed by atoms with E-state index < -0.39 is 0 Å². The van der Waals surface area contributed by atoms with Gasteiger partial charge >= 0.3 is 0 Å². The van der Waals surface area contributed by atoms with E-state index >= 15 is 0 Å². The van der Waals surface area contributed by atoms with E-state index in [0.29, 0.717) is 12.3 Å². The average molecular weight is 170 g/mol. The zero-order valence-electron chi connectivity index (χ0n) is 6.32. The summed E-state index contributed by atoms with van der Waals surface area (Å²) in [5, 5.41) is 4.04. The van der Waals surface area contributed by atoms with Crippen molar-refractivity contribution < 1.29 is 0 Å². The predicted molar refractivity (Wildman–Crippen MR) is 46.9 cm³/mol. The largest absolute Gasteiger partial charge is 0.268 e. The lowest BCUT2D eigenvalue weighted by atomic mass is 10.4. The van der Waals surface area contributed by atoms with Crippen LogP contribution in [0.15, 0.2) is 16.9 Å². The minimum absolute atomic E-state index is 0.0574. The first-order valence-electron chi connectivity index (χ1n) is 3.46. The second-order valence-electron chi connectivity index (χ2n) is 2.14. The van der Waals surface area contributed by atoms with Crippen LogP contribution in [-0.2, 0) is 12.3 Å². The first-order valence-corrected chi connectivity index (χ1v) is 4.09. The Morgan fingerprint density at radius 3 is 2.91 bits per heavy atom. The van der Waals surface area contributed by atoms with Crippen molar-refractivity contribution in [3.63, 3.8) is 0 Å². The van der Waals surface area contributed by atoms with Gasteiger partial charge in [0.15, 0.2) is 0 Å². The summed E-state index contributed by atoms with van der Waals surface area (Å²) in [6.07, 6.45) is 0. The molecular weight excluding hydrogens is 160 g/mol. The molecule has 0 aliphatic carbocycles. The molecule has 11 heavy (non-hydrogen) atoms. The van der Waals surface area contributed by atoms with Crippen molar-refractivity contribution in [1.82, 2.24) is 9.78 Å². The molecular formula is C7H10N2OS. The molecule has 1 aromatic heterocycles. The Balaban J connectivity index is 3.13. The third-order valence-electron chi connectivity index (χ3n) is 1.38. The number of aromatic nitrogens is 2. The normalized spacial score (nSPS) is 10.0. The van der Waals surface area contributed by atoms with Crippen molar-refractivity contribution in [2.24, 2.45) is 0 Å². The monoisotopic (exact) mass is 170 g/mol. The van der Waals surface area contributed by atoms with Crippen LogP contribution in [0.5, 0.6) is 0 Å². The van der Waals surface area contributed by atoms with E-state index in [-0.39, 0.29) is 5.56 Å². The van der Waals surface area contributed by atoms with Crippen LogP contribution < -0.4 is 5.56 Å². The van der Waals surface area contributed by atoms with Gasteiger partial charge in [-0.05, 0) is 13.0 Å². The first-order chi connectivity index (χ1) is 5.27. The Kier molecular flexibility index (Phi) is 2.70. The fraction of sp³-hybridized carbons (Fsp3) is 0.429. The molecule has 0 N–H and O–H groups in total. The van der Waals surface area contributed by atoms with Gasteiger partial charge in [-0.1, -0.05) is 0 Å². The molecule has 1 heterocycles. The van der Waals surface area contributed by atoms with Gasteiger partial charge in [0.2, 0.25) is 0 Å². The Labute approximate surface area is 70.5 Å². The van der Waals surface area contributed by atoms with Gasteiger partial charge < -0.3 is 0 Å². The molecule has 0 aliphatic heterocycles. The topological polar surface area (TPSA) is 34.9 Å². The summed E-state index contributed by atoms with van der Waals surface area (Å²) in [6, 6.07) is 3.21. The molecule has 0 unspecified atom stereocenters. The third-order valence-corrected chi connectivity index (χ3v) is 1.71. The second-order valence-corrected chi connectivity index (χ2v) is 2.45. The number of aryl methyl sites for hydroxylation is 1. The summed E-state index contributed by atoms with van der Waals surface area (Å²) in [4.78, 5) is 11.0. The molecule has 0 aliphatic rings. The summed E-state index contributed by atoms with van der Waals surface area (Å²) < 4.78 is 1.42. The van der Waals surface area contributed by atoms with E-state index in [1.165, 1.54) is 10.7 Å². The minimum Gasteiger partial charge on any atom is -0.268 e. The van der Waals surface area contributed by atoms with Crippen molar-refractivity contribution in [3.05, 3.63) is 28.2 Å². The van der Waals surface area contributed by atoms with Crippen LogP contribution in [0.1, 0.15) is 12.6 Å². The number of hydrogen-bond acceptors (Lipinski definition) is 3. The minimum atomic E-state index is -0.0574. The van der Waals surface area contributed by atoms with Crippen LogP contribution in [0.4, 0.5) is 0 Å². The zero-order valence-corrected chi connectivity index (χ0v) is 7.21. The predicted octanol–water partition coefficient (Wildman–Crippen LogP) is 0.693. The Hall–Kier alpha value is -0.770. The molecule has 0 radical (unpaired) electrons. The van der Waals surface area contributed by atoms with E-state index in [9.17, 15) is 4.79 Å². The molecule has 0 aromatic carbocycles. The number of nitrogens with zero attached hydrogens (tertiary/aromatic N) is 2. The van der Waals surface area contributed by atoms with Gasteiger partial charge in [0.25, 0.3) is 5.56 Å². The van der Waals surface area contributed by atoms with E-state index in [1.807, 2.05) is 6.92 Å². The standard InChI is InChI=1S/C7H10N2OS/c1-2-9-7(10)4-3-6(5-11)8-9/h3-4,11H,2,5H2,1H3. The summed E-state index contributed by atoms with van der Waals surface area (Å²) in [5.41, 5.74) is 0.771. The molecule has 0 amide bonds. The van der Waals surface area contributed by atoms with Crippen molar-refractivity contribution in [2.75, 3.05) is 0 Å². The first kappa shape index (κ1) is 8.33. The molecule has 0 bridgehead atoms. The zero-order chi connectivity index (χ0) is 8.27. The van der Waals surface area contributed by atoms with Gasteiger partial charge in [-0.15, -0.1) is 0 Å². The maximum absolute atomic E-state index is 11.0. The second kappa shape index (κ2) is 3.57. The fourth-order valence-electron chi connectivity index (χ4n) is 0.802. The molecule has 0 spiro atoms. The van der Waals surface area contributed by atoms with Crippen LogP contribution in [-0.4, -0.2) is 9.78 Å². The lowest BCUT2D eigenvalue weighted by molar-refractivity contribution is 0.605. The Bertz CT molecular complexity index is 295. The molecule has 1 aromatic rings. The number of rotatable bonds is 2. The average Bonchev–Trinajstić information content (AvgIpc) is 2.05. The molecule has 0 saturated carbocycles. The highest BCUT2D eigenvalue weighted by molar-refractivity contribution is 7.79. The van der Waals surface area contributed by atoms with Gasteiger partial charge in [-0.3, -0.25) is 4.79 Å². The lowest BCUT2D eigenvalue weighted by Crippen LogP contribution is -2.21. The van der Waals surface area contributed by atoms with E-state index in [0.717, 1.165) is 5.69 Å². The van der Waals surface area contributed by atoms with Crippen molar-refractivity contribution in [3.8, 4) is 0 Å². The Morgan fingerprint density at radius 1 is 1.64 bits per heavy atom. The fourth-order valence-corrected chi connectivity index (χ4v) is 0.971. The van der Waals surface area contributed by atoms with Crippen LogP contribution in [0.2, 0.25) is 0 Å². The summed E-state index contributed by atoms with van der Waals surface area (Å²) in [7, 11) is 0. The van der Waals surface area contributed by atoms with Gasteiger partial charge in [-0.2, -0.15) is 17.7 Å². The smallest absolute Gasteiger partial charge is 0.266 e. The third kappa shape index (κ3) is 1.83. The van der Waals surface area contributed by atoms with E-state index in [1.54, 1.807) is 6.07 Å². The molecule has 1 rings (SSSR count). The van der Waals surface area contributed by atoms with Crippen molar-refractivity contribution >= 4 is 12.6 Å². The Morgan fingerprint density at radius 2 is 2.36 bits per heavy atom. The molecule has 0 saturated heterocycles. The maximum Gasteiger partial charge on any atom is 0.266 e. The lowest BCUT2D eigenvalue weighted by Gasteiger charge is -2.00. The van der Waals surface area contributed by atoms with Crippen molar-refractivity contribution in [2.45, 2.75) is 19.2 Å². The molecule has 4 heteroatoms. The van der Waals surface area contributed by atoms with Crippen LogP contribution in [0.25, 0.3) is 0 Å². The van der Waals surface area contributed by atoms with Crippen LogP contribution in [0, 0.1) is 0 Å². The highest BCUT2D eigenvalue weighted by Crippen LogP contribution is 1.94. The van der Waals surface area contributed by atoms with Gasteiger partial charge in [0.05, 0.1) is 5.69 Å². The van der Waals surface area contributed by atoms with E-state index in [4.69, 9.17) is 0 Å².